The number of anilines is 2. The number of furan rings is 1. The molecule has 4 N–H and O–H groups in total. The Balaban J connectivity index is 2.14. The van der Waals surface area contributed by atoms with E-state index in [1.165, 1.54) is 13.4 Å². The average molecular weight is 235 g/mol. The van der Waals surface area contributed by atoms with E-state index in [1.54, 1.807) is 12.5 Å². The summed E-state index contributed by atoms with van der Waals surface area (Å²) in [4.78, 5) is 8.03. The van der Waals surface area contributed by atoms with E-state index < -0.39 is 0 Å². The number of methoxy groups -OCH3 is 1. The van der Waals surface area contributed by atoms with Crippen molar-refractivity contribution < 1.29 is 9.15 Å². The maximum Gasteiger partial charge on any atom is 0.205 e. The Bertz CT molecular complexity index is 472. The van der Waals surface area contributed by atoms with Gasteiger partial charge in [0.2, 0.25) is 5.75 Å². The van der Waals surface area contributed by atoms with Gasteiger partial charge in [-0.1, -0.05) is 0 Å². The van der Waals surface area contributed by atoms with Crippen LogP contribution in [-0.4, -0.2) is 17.1 Å². The highest BCUT2D eigenvalue weighted by Gasteiger charge is 2.10. The number of aromatic nitrogens is 2. The number of nitrogens with one attached hydrogen (secondary N) is 2. The first-order valence-electron chi connectivity index (χ1n) is 4.95. The van der Waals surface area contributed by atoms with Gasteiger partial charge >= 0.3 is 0 Å². The van der Waals surface area contributed by atoms with E-state index in [0.717, 1.165) is 5.56 Å². The molecule has 0 radical (unpaired) electrons. The van der Waals surface area contributed by atoms with Crippen LogP contribution in [0.5, 0.6) is 5.75 Å². The Morgan fingerprint density at radius 3 is 2.88 bits per heavy atom. The minimum Gasteiger partial charge on any atom is -0.490 e. The van der Waals surface area contributed by atoms with Crippen molar-refractivity contribution in [1.29, 1.82) is 0 Å². The van der Waals surface area contributed by atoms with Gasteiger partial charge in [0.1, 0.15) is 6.33 Å². The molecule has 0 saturated heterocycles. The van der Waals surface area contributed by atoms with Gasteiger partial charge in [-0.25, -0.2) is 15.8 Å². The zero-order chi connectivity index (χ0) is 12.1. The summed E-state index contributed by atoms with van der Waals surface area (Å²) in [6, 6.07) is 1.86. The molecule has 2 aromatic rings. The second kappa shape index (κ2) is 5.17. The quantitative estimate of drug-likeness (QED) is 0.524. The van der Waals surface area contributed by atoms with Crippen molar-refractivity contribution in [2.45, 2.75) is 6.54 Å². The van der Waals surface area contributed by atoms with E-state index in [2.05, 4.69) is 20.7 Å². The number of nitrogen functional groups attached to an aromatic ring is 1. The van der Waals surface area contributed by atoms with Gasteiger partial charge in [-0.2, -0.15) is 0 Å². The molecule has 0 unspecified atom stereocenters. The SMILES string of the molecule is COc1c(NN)ncnc1NCc1ccoc1. The van der Waals surface area contributed by atoms with Crippen LogP contribution in [0.25, 0.3) is 0 Å². The van der Waals surface area contributed by atoms with Gasteiger partial charge in [0.25, 0.3) is 0 Å². The summed E-state index contributed by atoms with van der Waals surface area (Å²) in [5, 5.41) is 3.11. The lowest BCUT2D eigenvalue weighted by atomic mass is 10.3. The molecule has 0 aliphatic heterocycles. The summed E-state index contributed by atoms with van der Waals surface area (Å²) in [6.07, 6.45) is 4.67. The molecule has 17 heavy (non-hydrogen) atoms. The van der Waals surface area contributed by atoms with Gasteiger partial charge in [0, 0.05) is 12.1 Å². The standard InChI is InChI=1S/C10H13N5O2/c1-16-8-9(13-6-14-10(8)15-11)12-4-7-2-3-17-5-7/h2-3,5-6H,4,11H2,1H3,(H2,12,13,14,15). The van der Waals surface area contributed by atoms with Crippen LogP contribution in [0.4, 0.5) is 11.6 Å². The highest BCUT2D eigenvalue weighted by Crippen LogP contribution is 2.28. The molecule has 7 nitrogen and oxygen atoms in total. The van der Waals surface area contributed by atoms with Crippen LogP contribution in [0.1, 0.15) is 5.56 Å². The van der Waals surface area contributed by atoms with Crippen LogP contribution < -0.4 is 21.3 Å². The summed E-state index contributed by atoms with van der Waals surface area (Å²) >= 11 is 0. The molecular formula is C10H13N5O2. The Hall–Kier alpha value is -2.28. The van der Waals surface area contributed by atoms with Crippen LogP contribution in [-0.2, 0) is 6.54 Å². The number of hydrogen-bond donors (Lipinski definition) is 3. The molecule has 0 aliphatic rings. The Morgan fingerprint density at radius 1 is 1.41 bits per heavy atom. The van der Waals surface area contributed by atoms with Gasteiger partial charge in [-0.3, -0.25) is 0 Å². The van der Waals surface area contributed by atoms with E-state index in [4.69, 9.17) is 15.0 Å². The third kappa shape index (κ3) is 2.45. The molecule has 2 heterocycles. The van der Waals surface area contributed by atoms with Gasteiger partial charge in [-0.15, -0.1) is 0 Å². The van der Waals surface area contributed by atoms with Crippen molar-refractivity contribution in [3.8, 4) is 5.75 Å². The number of rotatable bonds is 5. The summed E-state index contributed by atoms with van der Waals surface area (Å²) in [5.74, 6) is 6.79. The molecule has 2 rings (SSSR count). The summed E-state index contributed by atoms with van der Waals surface area (Å²) < 4.78 is 10.2. The molecule has 0 atom stereocenters. The van der Waals surface area contributed by atoms with E-state index in [1.807, 2.05) is 6.07 Å². The third-order valence-electron chi connectivity index (χ3n) is 2.18. The first-order chi connectivity index (χ1) is 8.35. The summed E-state index contributed by atoms with van der Waals surface area (Å²) in [6.45, 7) is 0.577. The molecule has 0 saturated carbocycles. The fourth-order valence-corrected chi connectivity index (χ4v) is 1.37. The van der Waals surface area contributed by atoms with Crippen molar-refractivity contribution in [2.24, 2.45) is 5.84 Å². The molecule has 90 valence electrons. The molecule has 0 aromatic carbocycles. The Kier molecular flexibility index (Phi) is 3.41. The molecule has 0 aliphatic carbocycles. The monoisotopic (exact) mass is 235 g/mol. The zero-order valence-corrected chi connectivity index (χ0v) is 9.30. The highest BCUT2D eigenvalue weighted by molar-refractivity contribution is 5.63. The van der Waals surface area contributed by atoms with Crippen LogP contribution in [0.3, 0.4) is 0 Å². The number of nitrogens with zero attached hydrogens (tertiary/aromatic N) is 2. The van der Waals surface area contributed by atoms with Crippen molar-refractivity contribution in [3.63, 3.8) is 0 Å². The lowest BCUT2D eigenvalue weighted by Crippen LogP contribution is -2.12. The Labute approximate surface area is 98.0 Å². The molecule has 0 bridgehead atoms. The number of hydrogen-bond acceptors (Lipinski definition) is 7. The van der Waals surface area contributed by atoms with E-state index in [0.29, 0.717) is 23.9 Å². The lowest BCUT2D eigenvalue weighted by molar-refractivity contribution is 0.414. The number of hydrazine groups is 1. The average Bonchev–Trinajstić information content (AvgIpc) is 2.88. The van der Waals surface area contributed by atoms with Crippen LogP contribution >= 0.6 is 0 Å². The number of ether oxygens (including phenoxy) is 1. The Morgan fingerprint density at radius 2 is 2.24 bits per heavy atom. The fraction of sp³-hybridized carbons (Fsp3) is 0.200. The molecular weight excluding hydrogens is 222 g/mol. The van der Waals surface area contributed by atoms with Crippen molar-refractivity contribution in [2.75, 3.05) is 17.9 Å². The first-order valence-corrected chi connectivity index (χ1v) is 4.95. The smallest absolute Gasteiger partial charge is 0.205 e. The topological polar surface area (TPSA) is 98.2 Å². The molecule has 0 amide bonds. The third-order valence-corrected chi connectivity index (χ3v) is 2.18. The largest absolute Gasteiger partial charge is 0.490 e. The minimum atomic E-state index is 0.428. The first kappa shape index (κ1) is 11.2. The molecule has 0 spiro atoms. The zero-order valence-electron chi connectivity index (χ0n) is 9.30. The molecule has 2 aromatic heterocycles. The predicted molar refractivity (Wildman–Crippen MR) is 62.4 cm³/mol. The minimum absolute atomic E-state index is 0.428. The van der Waals surface area contributed by atoms with Crippen LogP contribution in [0.2, 0.25) is 0 Å². The molecule has 7 heteroatoms. The van der Waals surface area contributed by atoms with E-state index >= 15 is 0 Å². The maximum atomic E-state index is 5.32. The number of nitrogens with two attached hydrogens (primary N) is 1. The summed E-state index contributed by atoms with van der Waals surface area (Å²) in [5.41, 5.74) is 3.45. The second-order valence-electron chi connectivity index (χ2n) is 3.23. The highest BCUT2D eigenvalue weighted by atomic mass is 16.5. The maximum absolute atomic E-state index is 5.32. The van der Waals surface area contributed by atoms with Crippen molar-refractivity contribution in [1.82, 2.24) is 9.97 Å². The fourth-order valence-electron chi connectivity index (χ4n) is 1.37. The predicted octanol–water partition coefficient (Wildman–Crippen LogP) is 0.976. The van der Waals surface area contributed by atoms with Crippen molar-refractivity contribution in [3.05, 3.63) is 30.5 Å². The van der Waals surface area contributed by atoms with E-state index in [-0.39, 0.29) is 0 Å². The van der Waals surface area contributed by atoms with Gasteiger partial charge < -0.3 is 19.9 Å². The van der Waals surface area contributed by atoms with Gasteiger partial charge in [0.15, 0.2) is 11.6 Å². The lowest BCUT2D eigenvalue weighted by Gasteiger charge is -2.11. The second-order valence-corrected chi connectivity index (χ2v) is 3.23. The van der Waals surface area contributed by atoms with E-state index in [9.17, 15) is 0 Å². The molecule has 0 fully saturated rings. The van der Waals surface area contributed by atoms with Gasteiger partial charge in [-0.05, 0) is 6.07 Å². The van der Waals surface area contributed by atoms with Crippen LogP contribution in [0, 0.1) is 0 Å². The summed E-state index contributed by atoms with van der Waals surface area (Å²) in [7, 11) is 1.53. The normalized spacial score (nSPS) is 10.0. The van der Waals surface area contributed by atoms with Gasteiger partial charge in [0.05, 0.1) is 19.6 Å². The van der Waals surface area contributed by atoms with Crippen molar-refractivity contribution >= 4 is 11.6 Å². The van der Waals surface area contributed by atoms with Crippen LogP contribution in [0.15, 0.2) is 29.3 Å².